The SMILES string of the molecule is O=C(C[C@H]1SC(=Nc2ccccc2)NC1=O)Nc1ccccc1Br. The Hall–Kier alpha value is -2.12. The van der Waals surface area contributed by atoms with E-state index in [1.165, 1.54) is 11.8 Å². The zero-order valence-corrected chi connectivity index (χ0v) is 14.9. The Kier molecular flexibility index (Phi) is 5.32. The van der Waals surface area contributed by atoms with Gasteiger partial charge in [0.1, 0.15) is 5.25 Å². The number of para-hydroxylation sites is 2. The second-order valence-electron chi connectivity index (χ2n) is 5.08. The minimum Gasteiger partial charge on any atom is -0.325 e. The van der Waals surface area contributed by atoms with Crippen molar-refractivity contribution in [1.82, 2.24) is 5.32 Å². The Morgan fingerprint density at radius 1 is 1.17 bits per heavy atom. The summed E-state index contributed by atoms with van der Waals surface area (Å²) >= 11 is 4.65. The number of nitrogens with zero attached hydrogens (tertiary/aromatic N) is 1. The van der Waals surface area contributed by atoms with Crippen molar-refractivity contribution in [2.75, 3.05) is 5.32 Å². The van der Waals surface area contributed by atoms with Gasteiger partial charge in [-0.15, -0.1) is 0 Å². The number of carbonyl (C=O) groups excluding carboxylic acids is 2. The third-order valence-corrected chi connectivity index (χ3v) is 5.06. The largest absolute Gasteiger partial charge is 0.325 e. The van der Waals surface area contributed by atoms with Gasteiger partial charge in [0, 0.05) is 10.9 Å². The lowest BCUT2D eigenvalue weighted by atomic mass is 10.2. The monoisotopic (exact) mass is 403 g/mol. The van der Waals surface area contributed by atoms with Crippen LogP contribution in [0.4, 0.5) is 11.4 Å². The summed E-state index contributed by atoms with van der Waals surface area (Å²) in [7, 11) is 0. The van der Waals surface area contributed by atoms with Crippen LogP contribution in [0, 0.1) is 0 Å². The molecule has 122 valence electrons. The molecule has 0 aromatic heterocycles. The van der Waals surface area contributed by atoms with Crippen LogP contribution < -0.4 is 10.6 Å². The van der Waals surface area contributed by atoms with E-state index in [1.807, 2.05) is 48.5 Å². The molecule has 1 atom stereocenters. The van der Waals surface area contributed by atoms with Crippen LogP contribution in [0.3, 0.4) is 0 Å². The Bertz CT molecular complexity index is 795. The van der Waals surface area contributed by atoms with E-state index >= 15 is 0 Å². The van der Waals surface area contributed by atoms with Crippen molar-refractivity contribution in [2.24, 2.45) is 4.99 Å². The summed E-state index contributed by atoms with van der Waals surface area (Å²) in [6, 6.07) is 16.7. The van der Waals surface area contributed by atoms with Gasteiger partial charge in [-0.3, -0.25) is 9.59 Å². The molecule has 3 rings (SSSR count). The number of aliphatic imine (C=N–C) groups is 1. The van der Waals surface area contributed by atoms with Crippen LogP contribution in [0.5, 0.6) is 0 Å². The molecular formula is C17H14BrN3O2S. The third-order valence-electron chi connectivity index (χ3n) is 3.28. The molecule has 1 aliphatic heterocycles. The summed E-state index contributed by atoms with van der Waals surface area (Å²) in [5.74, 6) is -0.410. The smallest absolute Gasteiger partial charge is 0.240 e. The molecule has 1 saturated heterocycles. The van der Waals surface area contributed by atoms with Gasteiger partial charge in [0.05, 0.1) is 11.4 Å². The average Bonchev–Trinajstić information content (AvgIpc) is 2.90. The number of amides is 2. The van der Waals surface area contributed by atoms with Crippen LogP contribution in [-0.2, 0) is 9.59 Å². The molecule has 0 saturated carbocycles. The number of rotatable bonds is 4. The number of hydrogen-bond acceptors (Lipinski definition) is 4. The molecule has 0 aliphatic carbocycles. The average molecular weight is 404 g/mol. The first-order chi connectivity index (χ1) is 11.6. The second kappa shape index (κ2) is 7.63. The van der Waals surface area contributed by atoms with Gasteiger partial charge in [-0.1, -0.05) is 42.1 Å². The van der Waals surface area contributed by atoms with Gasteiger partial charge >= 0.3 is 0 Å². The first-order valence-electron chi connectivity index (χ1n) is 7.27. The van der Waals surface area contributed by atoms with Crippen molar-refractivity contribution in [3.63, 3.8) is 0 Å². The van der Waals surface area contributed by atoms with Crippen LogP contribution in [0.2, 0.25) is 0 Å². The summed E-state index contributed by atoms with van der Waals surface area (Å²) in [4.78, 5) is 28.6. The van der Waals surface area contributed by atoms with E-state index in [2.05, 4.69) is 31.6 Å². The lowest BCUT2D eigenvalue weighted by Gasteiger charge is -2.08. The predicted octanol–water partition coefficient (Wildman–Crippen LogP) is 3.70. The van der Waals surface area contributed by atoms with Crippen LogP contribution in [0.1, 0.15) is 6.42 Å². The molecule has 0 unspecified atom stereocenters. The Morgan fingerprint density at radius 3 is 2.62 bits per heavy atom. The summed E-state index contributed by atoms with van der Waals surface area (Å²) in [5, 5.41) is 5.56. The zero-order chi connectivity index (χ0) is 16.9. The maximum Gasteiger partial charge on any atom is 0.240 e. The van der Waals surface area contributed by atoms with Gasteiger partial charge in [0.25, 0.3) is 0 Å². The summed E-state index contributed by atoms with van der Waals surface area (Å²) in [6.45, 7) is 0. The quantitative estimate of drug-likeness (QED) is 0.817. The number of amidine groups is 1. The molecule has 0 bridgehead atoms. The van der Waals surface area contributed by atoms with Crippen molar-refractivity contribution in [3.8, 4) is 0 Å². The van der Waals surface area contributed by atoms with E-state index < -0.39 is 5.25 Å². The highest BCUT2D eigenvalue weighted by Gasteiger charge is 2.32. The molecule has 2 aromatic rings. The van der Waals surface area contributed by atoms with E-state index in [4.69, 9.17) is 0 Å². The van der Waals surface area contributed by atoms with E-state index in [-0.39, 0.29) is 18.2 Å². The third kappa shape index (κ3) is 4.24. The molecule has 1 heterocycles. The highest BCUT2D eigenvalue weighted by Crippen LogP contribution is 2.26. The van der Waals surface area contributed by atoms with E-state index in [1.54, 1.807) is 6.07 Å². The number of carbonyl (C=O) groups is 2. The normalized spacial score (nSPS) is 18.5. The molecule has 7 heteroatoms. The maximum absolute atomic E-state index is 12.2. The van der Waals surface area contributed by atoms with Gasteiger partial charge in [0.2, 0.25) is 11.8 Å². The van der Waals surface area contributed by atoms with Crippen molar-refractivity contribution >= 4 is 56.0 Å². The molecule has 0 radical (unpaired) electrons. The molecule has 2 aromatic carbocycles. The molecule has 0 spiro atoms. The van der Waals surface area contributed by atoms with Crippen molar-refractivity contribution in [1.29, 1.82) is 0 Å². The molecule has 24 heavy (non-hydrogen) atoms. The molecule has 1 fully saturated rings. The number of benzene rings is 2. The predicted molar refractivity (Wildman–Crippen MR) is 100 cm³/mol. The zero-order valence-electron chi connectivity index (χ0n) is 12.5. The van der Waals surface area contributed by atoms with Gasteiger partial charge in [-0.2, -0.15) is 0 Å². The van der Waals surface area contributed by atoms with Gasteiger partial charge in [0.15, 0.2) is 5.17 Å². The summed E-state index contributed by atoms with van der Waals surface area (Å²) in [5.41, 5.74) is 1.45. The molecule has 2 N–H and O–H groups in total. The van der Waals surface area contributed by atoms with Crippen LogP contribution in [-0.4, -0.2) is 22.2 Å². The highest BCUT2D eigenvalue weighted by molar-refractivity contribution is 9.10. The molecule has 2 amide bonds. The Labute approximate surface area is 152 Å². The van der Waals surface area contributed by atoms with Crippen LogP contribution in [0.25, 0.3) is 0 Å². The van der Waals surface area contributed by atoms with Crippen molar-refractivity contribution in [2.45, 2.75) is 11.7 Å². The van der Waals surface area contributed by atoms with Gasteiger partial charge in [-0.25, -0.2) is 4.99 Å². The molecule has 5 nitrogen and oxygen atoms in total. The first-order valence-corrected chi connectivity index (χ1v) is 8.95. The second-order valence-corrected chi connectivity index (χ2v) is 7.13. The summed E-state index contributed by atoms with van der Waals surface area (Å²) in [6.07, 6.45) is 0.0889. The van der Waals surface area contributed by atoms with Crippen molar-refractivity contribution < 1.29 is 9.59 Å². The topological polar surface area (TPSA) is 70.6 Å². The highest BCUT2D eigenvalue weighted by atomic mass is 79.9. The van der Waals surface area contributed by atoms with Gasteiger partial charge < -0.3 is 10.6 Å². The molecule has 1 aliphatic rings. The maximum atomic E-state index is 12.2. The fourth-order valence-corrected chi connectivity index (χ4v) is 3.52. The lowest BCUT2D eigenvalue weighted by Crippen LogP contribution is -2.28. The van der Waals surface area contributed by atoms with Crippen LogP contribution >= 0.6 is 27.7 Å². The van der Waals surface area contributed by atoms with Crippen molar-refractivity contribution in [3.05, 3.63) is 59.1 Å². The standard InChI is InChI=1S/C17H14BrN3O2S/c18-12-8-4-5-9-13(12)20-15(22)10-14-16(23)21-17(24-14)19-11-6-2-1-3-7-11/h1-9,14H,10H2,(H,20,22)(H,19,21,23)/t14-/m1/s1. The fraction of sp³-hybridized carbons (Fsp3) is 0.118. The number of anilines is 1. The van der Waals surface area contributed by atoms with Crippen LogP contribution in [0.15, 0.2) is 64.1 Å². The minimum atomic E-state index is -0.477. The lowest BCUT2D eigenvalue weighted by molar-refractivity contribution is -0.122. The molecular weight excluding hydrogens is 390 g/mol. The summed E-state index contributed by atoms with van der Waals surface area (Å²) < 4.78 is 0.799. The van der Waals surface area contributed by atoms with Gasteiger partial charge in [-0.05, 0) is 40.2 Å². The van der Waals surface area contributed by atoms with E-state index in [0.29, 0.717) is 10.9 Å². The minimum absolute atomic E-state index is 0.0889. The Balaban J connectivity index is 1.62. The number of halogens is 1. The Morgan fingerprint density at radius 2 is 1.88 bits per heavy atom. The number of nitrogens with one attached hydrogen (secondary N) is 2. The number of thioether (sulfide) groups is 1. The fourth-order valence-electron chi connectivity index (χ4n) is 2.14. The van der Waals surface area contributed by atoms with E-state index in [0.717, 1.165) is 10.2 Å². The van der Waals surface area contributed by atoms with E-state index in [9.17, 15) is 9.59 Å². The first kappa shape index (κ1) is 16.7. The number of hydrogen-bond donors (Lipinski definition) is 2.